The Morgan fingerprint density at radius 2 is 2.08 bits per heavy atom. The van der Waals surface area contributed by atoms with Crippen molar-refractivity contribution in [1.29, 1.82) is 0 Å². The topological polar surface area (TPSA) is 48.5 Å². The van der Waals surface area contributed by atoms with Crippen molar-refractivity contribution < 1.29 is 9.18 Å². The standard InChI is InChI=1S/C17H17Cl2FN4OS/c18-13-4-3-5-14(15(13)19)24(26)17(25)22-9-11-8-12(20)10-21-16(11)23-6-1-2-7-23/h3-5,8,10,26H,1-2,6-7,9H2,(H,22,25). The number of urea groups is 1. The summed E-state index contributed by atoms with van der Waals surface area (Å²) in [5.74, 6) is 0.244. The van der Waals surface area contributed by atoms with Crippen LogP contribution in [0.5, 0.6) is 0 Å². The van der Waals surface area contributed by atoms with E-state index in [1.165, 1.54) is 12.3 Å². The Balaban J connectivity index is 1.73. The van der Waals surface area contributed by atoms with E-state index in [2.05, 4.69) is 28.0 Å². The molecule has 1 aliphatic rings. The van der Waals surface area contributed by atoms with Gasteiger partial charge in [-0.2, -0.15) is 0 Å². The van der Waals surface area contributed by atoms with Gasteiger partial charge < -0.3 is 10.2 Å². The lowest BCUT2D eigenvalue weighted by atomic mass is 10.2. The van der Waals surface area contributed by atoms with Crippen molar-refractivity contribution in [2.24, 2.45) is 0 Å². The third-order valence-corrected chi connectivity index (χ3v) is 5.30. The smallest absolute Gasteiger partial charge is 0.332 e. The van der Waals surface area contributed by atoms with Gasteiger partial charge in [-0.25, -0.2) is 18.5 Å². The van der Waals surface area contributed by atoms with Gasteiger partial charge in [-0.3, -0.25) is 0 Å². The average molecular weight is 415 g/mol. The van der Waals surface area contributed by atoms with E-state index in [4.69, 9.17) is 23.2 Å². The Bertz CT molecular complexity index is 817. The van der Waals surface area contributed by atoms with E-state index in [1.807, 2.05) is 0 Å². The molecular formula is C17H17Cl2FN4OS. The van der Waals surface area contributed by atoms with Crippen molar-refractivity contribution in [1.82, 2.24) is 10.3 Å². The summed E-state index contributed by atoms with van der Waals surface area (Å²) in [5, 5.41) is 3.26. The van der Waals surface area contributed by atoms with Gasteiger partial charge in [-0.05, 0) is 31.0 Å². The van der Waals surface area contributed by atoms with E-state index in [0.717, 1.165) is 30.2 Å². The minimum atomic E-state index is -0.505. The molecule has 2 heterocycles. The van der Waals surface area contributed by atoms with Crippen LogP contribution in [0.15, 0.2) is 30.5 Å². The predicted molar refractivity (Wildman–Crippen MR) is 106 cm³/mol. The van der Waals surface area contributed by atoms with Gasteiger partial charge in [0.15, 0.2) is 0 Å². The van der Waals surface area contributed by atoms with E-state index in [1.54, 1.807) is 18.2 Å². The van der Waals surface area contributed by atoms with E-state index in [-0.39, 0.29) is 11.6 Å². The maximum atomic E-state index is 13.6. The zero-order valence-electron chi connectivity index (χ0n) is 13.8. The van der Waals surface area contributed by atoms with Crippen molar-refractivity contribution >= 4 is 53.6 Å². The van der Waals surface area contributed by atoms with Crippen LogP contribution in [0.4, 0.5) is 20.7 Å². The molecule has 26 heavy (non-hydrogen) atoms. The maximum Gasteiger partial charge on any atom is 0.332 e. The molecule has 1 N–H and O–H groups in total. The van der Waals surface area contributed by atoms with E-state index in [9.17, 15) is 9.18 Å². The van der Waals surface area contributed by atoms with Crippen LogP contribution in [-0.2, 0) is 6.54 Å². The SMILES string of the molecule is O=C(NCc1cc(F)cnc1N1CCCC1)N(S)c1cccc(Cl)c1Cl. The second-order valence-electron chi connectivity index (χ2n) is 5.87. The number of hydrogen-bond donors (Lipinski definition) is 2. The summed E-state index contributed by atoms with van der Waals surface area (Å²) >= 11 is 16.3. The Kier molecular flexibility index (Phi) is 6.11. The molecule has 1 aromatic carbocycles. The molecule has 2 aromatic rings. The maximum absolute atomic E-state index is 13.6. The number of carbonyl (C=O) groups excluding carboxylic acids is 1. The largest absolute Gasteiger partial charge is 0.356 e. The summed E-state index contributed by atoms with van der Waals surface area (Å²) in [5.41, 5.74) is 0.969. The molecule has 1 fully saturated rings. The van der Waals surface area contributed by atoms with Crippen LogP contribution in [0.25, 0.3) is 0 Å². The molecule has 3 rings (SSSR count). The number of thiol groups is 1. The van der Waals surface area contributed by atoms with Crippen LogP contribution in [0.2, 0.25) is 10.0 Å². The van der Waals surface area contributed by atoms with Gasteiger partial charge in [-0.1, -0.05) is 42.1 Å². The first kappa shape index (κ1) is 19.1. The summed E-state index contributed by atoms with van der Waals surface area (Å²) < 4.78 is 14.7. The molecule has 5 nitrogen and oxygen atoms in total. The highest BCUT2D eigenvalue weighted by molar-refractivity contribution is 7.82. The average Bonchev–Trinajstić information content (AvgIpc) is 3.16. The highest BCUT2D eigenvalue weighted by atomic mass is 35.5. The van der Waals surface area contributed by atoms with E-state index >= 15 is 0 Å². The van der Waals surface area contributed by atoms with Crippen molar-refractivity contribution in [2.45, 2.75) is 19.4 Å². The van der Waals surface area contributed by atoms with Crippen LogP contribution in [0, 0.1) is 5.82 Å². The Hall–Kier alpha value is -1.70. The minimum Gasteiger partial charge on any atom is -0.356 e. The molecule has 0 bridgehead atoms. The zero-order chi connectivity index (χ0) is 18.7. The number of hydrogen-bond acceptors (Lipinski definition) is 4. The molecule has 0 spiro atoms. The van der Waals surface area contributed by atoms with Gasteiger partial charge in [0.05, 0.1) is 21.9 Å². The third kappa shape index (κ3) is 4.16. The van der Waals surface area contributed by atoms with Gasteiger partial charge in [0.1, 0.15) is 11.6 Å². The number of nitrogens with zero attached hydrogens (tertiary/aromatic N) is 3. The fourth-order valence-electron chi connectivity index (χ4n) is 2.83. The third-order valence-electron chi connectivity index (χ3n) is 4.10. The normalized spacial score (nSPS) is 13.8. The molecule has 138 valence electrons. The van der Waals surface area contributed by atoms with Crippen molar-refractivity contribution in [3.05, 3.63) is 51.9 Å². The van der Waals surface area contributed by atoms with Crippen LogP contribution in [-0.4, -0.2) is 24.1 Å². The number of pyridine rings is 1. The zero-order valence-corrected chi connectivity index (χ0v) is 16.2. The second-order valence-corrected chi connectivity index (χ2v) is 7.06. The van der Waals surface area contributed by atoms with Crippen LogP contribution in [0.1, 0.15) is 18.4 Å². The molecule has 0 unspecified atom stereocenters. The first-order valence-corrected chi connectivity index (χ1v) is 9.23. The summed E-state index contributed by atoms with van der Waals surface area (Å²) in [6.45, 7) is 1.86. The van der Waals surface area contributed by atoms with Gasteiger partial charge >= 0.3 is 6.03 Å². The number of benzene rings is 1. The molecule has 1 aromatic heterocycles. The second kappa shape index (κ2) is 8.33. The number of amides is 2. The first-order valence-electron chi connectivity index (χ1n) is 8.07. The summed E-state index contributed by atoms with van der Waals surface area (Å²) in [7, 11) is 0. The van der Waals surface area contributed by atoms with Crippen molar-refractivity contribution in [3.8, 4) is 0 Å². The lowest BCUT2D eigenvalue weighted by Gasteiger charge is -2.22. The summed E-state index contributed by atoms with van der Waals surface area (Å²) in [6.07, 6.45) is 3.33. The number of aromatic nitrogens is 1. The van der Waals surface area contributed by atoms with Crippen molar-refractivity contribution in [3.63, 3.8) is 0 Å². The number of carbonyl (C=O) groups is 1. The quantitative estimate of drug-likeness (QED) is 0.713. The molecule has 1 saturated heterocycles. The van der Waals surface area contributed by atoms with Gasteiger partial charge in [0.25, 0.3) is 0 Å². The predicted octanol–water partition coefficient (Wildman–Crippen LogP) is 4.69. The Morgan fingerprint density at radius 3 is 2.81 bits per heavy atom. The molecule has 9 heteroatoms. The molecule has 0 saturated carbocycles. The molecule has 0 atom stereocenters. The number of anilines is 2. The lowest BCUT2D eigenvalue weighted by molar-refractivity contribution is 0.249. The fourth-order valence-corrected chi connectivity index (χ4v) is 3.51. The van der Waals surface area contributed by atoms with Gasteiger partial charge in [0, 0.05) is 25.2 Å². The number of nitrogens with one attached hydrogen (secondary N) is 1. The first-order chi connectivity index (χ1) is 12.5. The highest BCUT2D eigenvalue weighted by Crippen LogP contribution is 2.33. The monoisotopic (exact) mass is 414 g/mol. The van der Waals surface area contributed by atoms with Gasteiger partial charge in [-0.15, -0.1) is 0 Å². The number of halogens is 3. The molecule has 0 radical (unpaired) electrons. The molecule has 2 amide bonds. The molecule has 0 aliphatic carbocycles. The minimum absolute atomic E-state index is 0.116. The highest BCUT2D eigenvalue weighted by Gasteiger charge is 2.20. The lowest BCUT2D eigenvalue weighted by Crippen LogP contribution is -2.34. The van der Waals surface area contributed by atoms with Crippen LogP contribution in [0.3, 0.4) is 0 Å². The summed E-state index contributed by atoms with van der Waals surface area (Å²) in [4.78, 5) is 18.7. The van der Waals surface area contributed by atoms with Crippen molar-refractivity contribution in [2.75, 3.05) is 22.3 Å². The summed E-state index contributed by atoms with van der Waals surface area (Å²) in [6, 6.07) is 5.79. The van der Waals surface area contributed by atoms with E-state index < -0.39 is 11.8 Å². The fraction of sp³-hybridized carbons (Fsp3) is 0.294. The van der Waals surface area contributed by atoms with Crippen LogP contribution >= 0.6 is 36.0 Å². The number of rotatable bonds is 4. The Labute approximate surface area is 166 Å². The van der Waals surface area contributed by atoms with Crippen LogP contribution < -0.4 is 14.5 Å². The van der Waals surface area contributed by atoms with Gasteiger partial charge in [0.2, 0.25) is 0 Å². The Morgan fingerprint density at radius 1 is 1.35 bits per heavy atom. The molecular weight excluding hydrogens is 398 g/mol. The van der Waals surface area contributed by atoms with E-state index in [0.29, 0.717) is 22.1 Å². The molecule has 1 aliphatic heterocycles.